The molecule has 3 rings (SSSR count). The maximum absolute atomic E-state index is 12.7. The molecular formula is C22H16ClNO3S. The SMILES string of the molecule is N#CC(=Cc1ccccc1OCc1ccc(Cl)cc1)S(=O)(=O)c1ccccc1. The fourth-order valence-electron chi connectivity index (χ4n) is 2.51. The maximum atomic E-state index is 12.7. The van der Waals surface area contributed by atoms with Crippen LogP contribution in [0.4, 0.5) is 0 Å². The largest absolute Gasteiger partial charge is 0.488 e. The van der Waals surface area contributed by atoms with Crippen molar-refractivity contribution in [3.8, 4) is 11.8 Å². The number of ether oxygens (including phenoxy) is 1. The van der Waals surface area contributed by atoms with E-state index in [1.165, 1.54) is 18.2 Å². The van der Waals surface area contributed by atoms with Crippen LogP contribution < -0.4 is 4.74 Å². The first-order valence-electron chi connectivity index (χ1n) is 8.39. The smallest absolute Gasteiger partial charge is 0.216 e. The summed E-state index contributed by atoms with van der Waals surface area (Å²) >= 11 is 5.88. The van der Waals surface area contributed by atoms with E-state index in [0.29, 0.717) is 16.3 Å². The number of halogens is 1. The predicted molar refractivity (Wildman–Crippen MR) is 109 cm³/mol. The molecule has 0 saturated heterocycles. The lowest BCUT2D eigenvalue weighted by Crippen LogP contribution is -2.04. The molecule has 0 spiro atoms. The number of hydrogen-bond acceptors (Lipinski definition) is 4. The van der Waals surface area contributed by atoms with Crippen LogP contribution in [-0.2, 0) is 16.4 Å². The normalized spacial score (nSPS) is 11.6. The first kappa shape index (κ1) is 19.7. The van der Waals surface area contributed by atoms with Gasteiger partial charge in [0.15, 0.2) is 0 Å². The van der Waals surface area contributed by atoms with E-state index in [0.717, 1.165) is 5.56 Å². The van der Waals surface area contributed by atoms with E-state index in [2.05, 4.69) is 0 Å². The Morgan fingerprint density at radius 2 is 1.61 bits per heavy atom. The van der Waals surface area contributed by atoms with E-state index < -0.39 is 9.84 Å². The Morgan fingerprint density at radius 1 is 0.964 bits per heavy atom. The molecule has 3 aromatic rings. The van der Waals surface area contributed by atoms with Gasteiger partial charge in [-0.05, 0) is 42.0 Å². The van der Waals surface area contributed by atoms with Crippen LogP contribution in [0.1, 0.15) is 11.1 Å². The van der Waals surface area contributed by atoms with Crippen molar-refractivity contribution in [2.75, 3.05) is 0 Å². The van der Waals surface area contributed by atoms with Gasteiger partial charge in [0.1, 0.15) is 23.3 Å². The minimum atomic E-state index is -3.91. The summed E-state index contributed by atoms with van der Waals surface area (Å²) in [5, 5.41) is 10.1. The lowest BCUT2D eigenvalue weighted by atomic mass is 10.2. The van der Waals surface area contributed by atoms with Crippen LogP contribution in [0.5, 0.6) is 5.75 Å². The van der Waals surface area contributed by atoms with Gasteiger partial charge in [-0.15, -0.1) is 0 Å². The molecule has 0 amide bonds. The molecule has 28 heavy (non-hydrogen) atoms. The Kier molecular flexibility index (Phi) is 6.15. The highest BCUT2D eigenvalue weighted by atomic mass is 35.5. The summed E-state index contributed by atoms with van der Waals surface area (Å²) in [6, 6.07) is 23.9. The minimum Gasteiger partial charge on any atom is -0.488 e. The fourth-order valence-corrected chi connectivity index (χ4v) is 3.81. The van der Waals surface area contributed by atoms with Crippen LogP contribution in [0, 0.1) is 11.3 Å². The minimum absolute atomic E-state index is 0.0716. The van der Waals surface area contributed by atoms with Crippen LogP contribution in [0.2, 0.25) is 5.02 Å². The van der Waals surface area contributed by atoms with Crippen LogP contribution in [0.15, 0.2) is 88.7 Å². The molecule has 0 aliphatic carbocycles. The van der Waals surface area contributed by atoms with Crippen LogP contribution in [-0.4, -0.2) is 8.42 Å². The lowest BCUT2D eigenvalue weighted by molar-refractivity contribution is 0.305. The molecule has 0 fully saturated rings. The molecular weight excluding hydrogens is 394 g/mol. The number of nitrogens with zero attached hydrogens (tertiary/aromatic N) is 1. The monoisotopic (exact) mass is 409 g/mol. The van der Waals surface area contributed by atoms with Crippen molar-refractivity contribution >= 4 is 27.5 Å². The molecule has 0 heterocycles. The van der Waals surface area contributed by atoms with Gasteiger partial charge >= 0.3 is 0 Å². The Labute approximate surface area is 169 Å². The Bertz CT molecular complexity index is 1130. The van der Waals surface area contributed by atoms with Gasteiger partial charge in [0.05, 0.1) is 4.90 Å². The van der Waals surface area contributed by atoms with Gasteiger partial charge in [0.2, 0.25) is 9.84 Å². The second-order valence-electron chi connectivity index (χ2n) is 5.89. The topological polar surface area (TPSA) is 67.2 Å². The van der Waals surface area contributed by atoms with Gasteiger partial charge in [0, 0.05) is 10.6 Å². The number of nitriles is 1. The second kappa shape index (κ2) is 8.75. The van der Waals surface area contributed by atoms with Crippen LogP contribution in [0.25, 0.3) is 6.08 Å². The van der Waals surface area contributed by atoms with Crippen molar-refractivity contribution in [3.63, 3.8) is 0 Å². The van der Waals surface area contributed by atoms with E-state index in [1.54, 1.807) is 60.7 Å². The van der Waals surface area contributed by atoms with E-state index in [9.17, 15) is 13.7 Å². The van der Waals surface area contributed by atoms with Crippen molar-refractivity contribution < 1.29 is 13.2 Å². The Balaban J connectivity index is 1.90. The van der Waals surface area contributed by atoms with E-state index >= 15 is 0 Å². The molecule has 0 saturated carbocycles. The lowest BCUT2D eigenvalue weighted by Gasteiger charge is -2.10. The van der Waals surface area contributed by atoms with Crippen molar-refractivity contribution in [2.45, 2.75) is 11.5 Å². The molecule has 0 aromatic heterocycles. The van der Waals surface area contributed by atoms with Gasteiger partial charge in [-0.2, -0.15) is 5.26 Å². The molecule has 0 atom stereocenters. The molecule has 6 heteroatoms. The number of rotatable bonds is 6. The molecule has 140 valence electrons. The highest BCUT2D eigenvalue weighted by Gasteiger charge is 2.21. The highest BCUT2D eigenvalue weighted by Crippen LogP contribution is 2.26. The first-order chi connectivity index (χ1) is 13.5. The number of sulfone groups is 1. The van der Waals surface area contributed by atoms with Crippen LogP contribution in [0.3, 0.4) is 0 Å². The third-order valence-corrected chi connectivity index (χ3v) is 5.90. The third-order valence-electron chi connectivity index (χ3n) is 3.97. The second-order valence-corrected chi connectivity index (χ2v) is 8.24. The maximum Gasteiger partial charge on any atom is 0.216 e. The van der Waals surface area contributed by atoms with E-state index in [1.807, 2.05) is 12.1 Å². The molecule has 0 aliphatic heterocycles. The van der Waals surface area contributed by atoms with E-state index in [4.69, 9.17) is 16.3 Å². The van der Waals surface area contributed by atoms with Gasteiger partial charge in [0.25, 0.3) is 0 Å². The third kappa shape index (κ3) is 4.61. The van der Waals surface area contributed by atoms with Crippen molar-refractivity contribution in [1.82, 2.24) is 0 Å². The molecule has 0 aliphatic rings. The quantitative estimate of drug-likeness (QED) is 0.521. The van der Waals surface area contributed by atoms with Crippen molar-refractivity contribution in [1.29, 1.82) is 5.26 Å². The molecule has 0 bridgehead atoms. The summed E-state index contributed by atoms with van der Waals surface area (Å²) in [6.07, 6.45) is 1.33. The summed E-state index contributed by atoms with van der Waals surface area (Å²) in [7, 11) is -3.91. The Hall–Kier alpha value is -3.07. The zero-order valence-corrected chi connectivity index (χ0v) is 16.3. The average Bonchev–Trinajstić information content (AvgIpc) is 2.72. The molecule has 0 radical (unpaired) electrons. The first-order valence-corrected chi connectivity index (χ1v) is 10.2. The van der Waals surface area contributed by atoms with Gasteiger partial charge < -0.3 is 4.74 Å². The summed E-state index contributed by atoms with van der Waals surface area (Å²) < 4.78 is 31.3. The Morgan fingerprint density at radius 3 is 2.29 bits per heavy atom. The van der Waals surface area contributed by atoms with E-state index in [-0.39, 0.29) is 16.4 Å². The highest BCUT2D eigenvalue weighted by molar-refractivity contribution is 7.95. The summed E-state index contributed by atoms with van der Waals surface area (Å²) in [6.45, 7) is 0.287. The summed E-state index contributed by atoms with van der Waals surface area (Å²) in [4.78, 5) is -0.274. The van der Waals surface area contributed by atoms with Gasteiger partial charge in [-0.3, -0.25) is 0 Å². The average molecular weight is 410 g/mol. The summed E-state index contributed by atoms with van der Waals surface area (Å²) in [5.41, 5.74) is 1.42. The zero-order chi connectivity index (χ0) is 20.0. The van der Waals surface area contributed by atoms with Gasteiger partial charge in [-0.25, -0.2) is 8.42 Å². The molecule has 4 nitrogen and oxygen atoms in total. The number of hydrogen-bond donors (Lipinski definition) is 0. The molecule has 3 aromatic carbocycles. The zero-order valence-electron chi connectivity index (χ0n) is 14.7. The van der Waals surface area contributed by atoms with Crippen LogP contribution >= 0.6 is 11.6 Å². The van der Waals surface area contributed by atoms with Crippen molar-refractivity contribution in [2.24, 2.45) is 0 Å². The number of benzene rings is 3. The summed E-state index contributed by atoms with van der Waals surface area (Å²) in [5.74, 6) is 0.480. The molecule has 0 N–H and O–H groups in total. The number of para-hydroxylation sites is 1. The van der Waals surface area contributed by atoms with Gasteiger partial charge in [-0.1, -0.05) is 60.1 Å². The fraction of sp³-hybridized carbons (Fsp3) is 0.0455. The van der Waals surface area contributed by atoms with Crippen molar-refractivity contribution in [3.05, 3.63) is 99.9 Å². The number of allylic oxidation sites excluding steroid dienone is 1. The predicted octanol–water partition coefficient (Wildman–Crippen LogP) is 5.26. The molecule has 0 unspecified atom stereocenters. The standard InChI is InChI=1S/C22H16ClNO3S/c23-19-12-10-17(11-13-19)16-27-22-9-5-4-6-18(22)14-21(15-24)28(25,26)20-7-2-1-3-8-20/h1-14H,16H2.